The normalized spacial score (nSPS) is 26.9. The number of hydrogen-bond acceptors (Lipinski definition) is 3. The van der Waals surface area contributed by atoms with E-state index in [1.165, 1.54) is 24.1 Å². The fourth-order valence-electron chi connectivity index (χ4n) is 3.12. The number of aromatic nitrogens is 1. The Hall–Kier alpha value is -1.09. The summed E-state index contributed by atoms with van der Waals surface area (Å²) in [6.07, 6.45) is 7.74. The summed E-state index contributed by atoms with van der Waals surface area (Å²) < 4.78 is 0. The molecule has 2 N–H and O–H groups in total. The molecule has 1 aromatic heterocycles. The zero-order valence-corrected chi connectivity index (χ0v) is 10.9. The van der Waals surface area contributed by atoms with E-state index in [1.807, 2.05) is 0 Å². The summed E-state index contributed by atoms with van der Waals surface area (Å²) in [5, 5.41) is 13.0. The van der Waals surface area contributed by atoms with Crippen molar-refractivity contribution in [2.24, 2.45) is 5.92 Å². The molecule has 0 amide bonds. The quantitative estimate of drug-likeness (QED) is 0.861. The summed E-state index contributed by atoms with van der Waals surface area (Å²) in [6, 6.07) is 4.34. The molecule has 1 fully saturated rings. The van der Waals surface area contributed by atoms with Crippen LogP contribution >= 0.6 is 0 Å². The van der Waals surface area contributed by atoms with Crippen molar-refractivity contribution in [1.29, 1.82) is 0 Å². The van der Waals surface area contributed by atoms with Gasteiger partial charge in [-0.1, -0.05) is 6.07 Å². The first-order valence-electron chi connectivity index (χ1n) is 7.22. The maximum Gasteiger partial charge on any atom is 0.126 e. The van der Waals surface area contributed by atoms with Crippen LogP contribution in [0.15, 0.2) is 12.1 Å². The molecule has 18 heavy (non-hydrogen) atoms. The van der Waals surface area contributed by atoms with E-state index >= 15 is 0 Å². The molecule has 0 aromatic carbocycles. The molecule has 3 nitrogen and oxygen atoms in total. The first-order chi connectivity index (χ1) is 8.81. The summed E-state index contributed by atoms with van der Waals surface area (Å²) in [6.45, 7) is 0.999. The molecule has 1 saturated carbocycles. The van der Waals surface area contributed by atoms with E-state index in [0.29, 0.717) is 5.92 Å². The summed E-state index contributed by atoms with van der Waals surface area (Å²) in [7, 11) is 0. The van der Waals surface area contributed by atoms with Crippen LogP contribution in [0.1, 0.15) is 43.4 Å². The Labute approximate surface area is 109 Å². The van der Waals surface area contributed by atoms with E-state index in [0.717, 1.165) is 44.5 Å². The Morgan fingerprint density at radius 1 is 1.17 bits per heavy atom. The summed E-state index contributed by atoms with van der Waals surface area (Å²) in [4.78, 5) is 4.69. The highest BCUT2D eigenvalue weighted by Crippen LogP contribution is 2.25. The molecule has 2 aliphatic carbocycles. The van der Waals surface area contributed by atoms with Gasteiger partial charge in [-0.3, -0.25) is 0 Å². The fraction of sp³-hybridized carbons (Fsp3) is 0.667. The van der Waals surface area contributed by atoms with Gasteiger partial charge in [0.25, 0.3) is 0 Å². The van der Waals surface area contributed by atoms with Crippen molar-refractivity contribution < 1.29 is 5.11 Å². The molecule has 2 aliphatic rings. The largest absolute Gasteiger partial charge is 0.393 e. The molecule has 1 aromatic rings. The van der Waals surface area contributed by atoms with E-state index in [4.69, 9.17) is 4.98 Å². The second-order valence-corrected chi connectivity index (χ2v) is 5.71. The minimum Gasteiger partial charge on any atom is -0.393 e. The topological polar surface area (TPSA) is 45.1 Å². The van der Waals surface area contributed by atoms with Crippen LogP contribution in [-0.2, 0) is 12.8 Å². The standard InChI is InChI=1S/C15H22N2O/c18-13-7-4-11(5-8-13)10-16-15-9-6-12-2-1-3-14(12)17-15/h6,9,11,13,18H,1-5,7-8,10H2,(H,16,17). The van der Waals surface area contributed by atoms with Crippen molar-refractivity contribution >= 4 is 5.82 Å². The van der Waals surface area contributed by atoms with Crippen LogP contribution in [0, 0.1) is 5.92 Å². The Kier molecular flexibility index (Phi) is 3.50. The smallest absolute Gasteiger partial charge is 0.126 e. The minimum atomic E-state index is -0.0561. The molecule has 3 heteroatoms. The summed E-state index contributed by atoms with van der Waals surface area (Å²) >= 11 is 0. The molecule has 0 atom stereocenters. The van der Waals surface area contributed by atoms with Crippen LogP contribution in [0.2, 0.25) is 0 Å². The molecule has 0 radical (unpaired) electrons. The lowest BCUT2D eigenvalue weighted by atomic mass is 9.87. The predicted molar refractivity (Wildman–Crippen MR) is 72.7 cm³/mol. The lowest BCUT2D eigenvalue weighted by Gasteiger charge is -2.25. The van der Waals surface area contributed by atoms with Crippen LogP contribution in [-0.4, -0.2) is 22.7 Å². The molecule has 98 valence electrons. The molecule has 0 saturated heterocycles. The zero-order valence-electron chi connectivity index (χ0n) is 10.9. The second-order valence-electron chi connectivity index (χ2n) is 5.71. The average molecular weight is 246 g/mol. The summed E-state index contributed by atoms with van der Waals surface area (Å²) in [5.41, 5.74) is 2.72. The van der Waals surface area contributed by atoms with Crippen LogP contribution in [0.5, 0.6) is 0 Å². The molecular weight excluding hydrogens is 224 g/mol. The van der Waals surface area contributed by atoms with Gasteiger partial charge in [-0.05, 0) is 62.5 Å². The third-order valence-corrected chi connectivity index (χ3v) is 4.32. The first kappa shape index (κ1) is 12.0. The molecule has 0 aliphatic heterocycles. The third-order valence-electron chi connectivity index (χ3n) is 4.32. The van der Waals surface area contributed by atoms with Gasteiger partial charge in [0, 0.05) is 12.2 Å². The van der Waals surface area contributed by atoms with Crippen molar-refractivity contribution in [2.45, 2.75) is 51.0 Å². The van der Waals surface area contributed by atoms with Gasteiger partial charge in [0.1, 0.15) is 5.82 Å². The average Bonchev–Trinajstić information content (AvgIpc) is 2.85. The number of anilines is 1. The fourth-order valence-corrected chi connectivity index (χ4v) is 3.12. The molecule has 1 heterocycles. The number of aliphatic hydroxyl groups is 1. The predicted octanol–water partition coefficient (Wildman–Crippen LogP) is 2.53. The van der Waals surface area contributed by atoms with Gasteiger partial charge < -0.3 is 10.4 Å². The second kappa shape index (κ2) is 5.27. The number of aliphatic hydroxyl groups excluding tert-OH is 1. The first-order valence-corrected chi connectivity index (χ1v) is 7.22. The third kappa shape index (κ3) is 2.66. The molecule has 0 spiro atoms. The van der Waals surface area contributed by atoms with Gasteiger partial charge >= 0.3 is 0 Å². The number of aryl methyl sites for hydroxylation is 2. The lowest BCUT2D eigenvalue weighted by Crippen LogP contribution is -2.23. The maximum absolute atomic E-state index is 9.49. The Morgan fingerprint density at radius 2 is 2.00 bits per heavy atom. The zero-order chi connectivity index (χ0) is 12.4. The van der Waals surface area contributed by atoms with Gasteiger partial charge in [0.2, 0.25) is 0 Å². The number of pyridine rings is 1. The Balaban J connectivity index is 1.54. The number of nitrogens with zero attached hydrogens (tertiary/aromatic N) is 1. The summed E-state index contributed by atoms with van der Waals surface area (Å²) in [5.74, 6) is 1.73. The highest BCUT2D eigenvalue weighted by molar-refractivity contribution is 5.40. The van der Waals surface area contributed by atoms with E-state index in [2.05, 4.69) is 17.4 Å². The van der Waals surface area contributed by atoms with E-state index in [-0.39, 0.29) is 6.10 Å². The van der Waals surface area contributed by atoms with Crippen LogP contribution in [0.25, 0.3) is 0 Å². The minimum absolute atomic E-state index is 0.0561. The van der Waals surface area contributed by atoms with Crippen LogP contribution in [0.4, 0.5) is 5.82 Å². The van der Waals surface area contributed by atoms with Crippen molar-refractivity contribution in [1.82, 2.24) is 4.98 Å². The highest BCUT2D eigenvalue weighted by atomic mass is 16.3. The van der Waals surface area contributed by atoms with Crippen molar-refractivity contribution in [3.8, 4) is 0 Å². The van der Waals surface area contributed by atoms with Gasteiger partial charge in [0.05, 0.1) is 6.10 Å². The maximum atomic E-state index is 9.49. The Bertz CT molecular complexity index is 411. The van der Waals surface area contributed by atoms with Gasteiger partial charge in [-0.2, -0.15) is 0 Å². The van der Waals surface area contributed by atoms with Crippen LogP contribution in [0.3, 0.4) is 0 Å². The lowest BCUT2D eigenvalue weighted by molar-refractivity contribution is 0.111. The van der Waals surface area contributed by atoms with E-state index < -0.39 is 0 Å². The van der Waals surface area contributed by atoms with E-state index in [1.54, 1.807) is 0 Å². The monoisotopic (exact) mass is 246 g/mol. The van der Waals surface area contributed by atoms with Gasteiger partial charge in [-0.15, -0.1) is 0 Å². The van der Waals surface area contributed by atoms with E-state index in [9.17, 15) is 5.11 Å². The Morgan fingerprint density at radius 3 is 2.83 bits per heavy atom. The number of hydrogen-bond donors (Lipinski definition) is 2. The molecule has 0 unspecified atom stereocenters. The van der Waals surface area contributed by atoms with Gasteiger partial charge in [-0.25, -0.2) is 4.98 Å². The SMILES string of the molecule is OC1CCC(CNc2ccc3c(n2)CCC3)CC1. The molecule has 0 bridgehead atoms. The number of nitrogens with one attached hydrogen (secondary N) is 1. The number of fused-ring (bicyclic) bond motifs is 1. The van der Waals surface area contributed by atoms with Crippen molar-refractivity contribution in [3.05, 3.63) is 23.4 Å². The van der Waals surface area contributed by atoms with Crippen LogP contribution < -0.4 is 5.32 Å². The van der Waals surface area contributed by atoms with Crippen molar-refractivity contribution in [2.75, 3.05) is 11.9 Å². The van der Waals surface area contributed by atoms with Crippen molar-refractivity contribution in [3.63, 3.8) is 0 Å². The highest BCUT2D eigenvalue weighted by Gasteiger charge is 2.19. The molecule has 3 rings (SSSR count). The van der Waals surface area contributed by atoms with Gasteiger partial charge in [0.15, 0.2) is 0 Å². The number of rotatable bonds is 3. The molecular formula is C15H22N2O.